The van der Waals surface area contributed by atoms with Gasteiger partial charge in [-0.1, -0.05) is 36.0 Å². The van der Waals surface area contributed by atoms with E-state index in [1.165, 1.54) is 9.69 Å². The number of benzene rings is 2. The maximum atomic E-state index is 13.3. The number of carbonyl (C=O) groups excluding carboxylic acids is 2. The lowest BCUT2D eigenvalue weighted by Crippen LogP contribution is -2.53. The van der Waals surface area contributed by atoms with Crippen molar-refractivity contribution in [3.8, 4) is 11.5 Å². The number of ether oxygens (including phenoxy) is 2. The molecule has 0 fully saturated rings. The fourth-order valence-corrected chi connectivity index (χ4v) is 4.10. The first-order chi connectivity index (χ1) is 17.4. The molecule has 36 heavy (non-hydrogen) atoms. The number of amides is 2. The highest BCUT2D eigenvalue weighted by atomic mass is 32.2. The minimum atomic E-state index is -0.331. The molecule has 1 aromatic heterocycles. The Morgan fingerprint density at radius 3 is 2.58 bits per heavy atom. The maximum Gasteiger partial charge on any atom is 0.305 e. The number of para-hydroxylation sites is 1. The highest BCUT2D eigenvalue weighted by molar-refractivity contribution is 8.14. The summed E-state index contributed by atoms with van der Waals surface area (Å²) < 4.78 is 15.7. The predicted octanol–water partition coefficient (Wildman–Crippen LogP) is 2.29. The number of methoxy groups -OCH3 is 2. The molecule has 0 saturated carbocycles. The third-order valence-electron chi connectivity index (χ3n) is 5.02. The summed E-state index contributed by atoms with van der Waals surface area (Å²) in [6, 6.07) is 14.5. The second kappa shape index (κ2) is 11.0. The molecule has 0 spiro atoms. The van der Waals surface area contributed by atoms with E-state index >= 15 is 0 Å². The number of carbonyl (C=O) groups is 2. The van der Waals surface area contributed by atoms with Gasteiger partial charge in [-0.05, 0) is 35.9 Å². The molecular weight excluding hydrogens is 484 g/mol. The average molecular weight is 510 g/mol. The first kappa shape index (κ1) is 24.8. The van der Waals surface area contributed by atoms with E-state index in [-0.39, 0.29) is 29.1 Å². The number of thioether (sulfide) groups is 1. The average Bonchev–Trinajstić information content (AvgIpc) is 3.47. The Balaban J connectivity index is 1.56. The zero-order valence-corrected chi connectivity index (χ0v) is 21.0. The Kier molecular flexibility index (Phi) is 7.54. The first-order valence-electron chi connectivity index (χ1n) is 10.8. The lowest BCUT2D eigenvalue weighted by atomic mass is 10.1. The second-order valence-corrected chi connectivity index (χ2v) is 8.63. The molecular formula is C24H25N6O5S+. The number of aromatic nitrogens is 2. The van der Waals surface area contributed by atoms with Gasteiger partial charge in [0.05, 0.1) is 44.5 Å². The molecule has 0 aliphatic carbocycles. The Morgan fingerprint density at radius 2 is 1.92 bits per heavy atom. The van der Waals surface area contributed by atoms with E-state index in [0.717, 1.165) is 17.3 Å². The minimum absolute atomic E-state index is 0.00174. The van der Waals surface area contributed by atoms with Gasteiger partial charge in [0.25, 0.3) is 12.1 Å². The highest BCUT2D eigenvalue weighted by Gasteiger charge is 2.32. The van der Waals surface area contributed by atoms with Gasteiger partial charge in [0, 0.05) is 0 Å². The van der Waals surface area contributed by atoms with Crippen LogP contribution in [0.5, 0.6) is 11.5 Å². The molecule has 3 aromatic rings. The van der Waals surface area contributed by atoms with Crippen molar-refractivity contribution in [1.29, 1.82) is 0 Å². The molecule has 1 aliphatic heterocycles. The van der Waals surface area contributed by atoms with E-state index in [0.29, 0.717) is 22.4 Å². The van der Waals surface area contributed by atoms with Gasteiger partial charge in [-0.2, -0.15) is 5.01 Å². The van der Waals surface area contributed by atoms with Gasteiger partial charge in [0.1, 0.15) is 5.70 Å². The van der Waals surface area contributed by atoms with Gasteiger partial charge < -0.3 is 9.47 Å². The van der Waals surface area contributed by atoms with Crippen LogP contribution >= 0.6 is 11.8 Å². The summed E-state index contributed by atoms with van der Waals surface area (Å²) in [4.78, 5) is 33.3. The normalized spacial score (nSPS) is 14.1. The van der Waals surface area contributed by atoms with Gasteiger partial charge in [0.15, 0.2) is 16.7 Å². The summed E-state index contributed by atoms with van der Waals surface area (Å²) >= 11 is 1.14. The Hall–Kier alpha value is -4.32. The molecule has 1 aliphatic rings. The molecule has 2 heterocycles. The van der Waals surface area contributed by atoms with Crippen molar-refractivity contribution in [3.63, 3.8) is 0 Å². The third kappa shape index (κ3) is 5.49. The van der Waals surface area contributed by atoms with Crippen molar-refractivity contribution in [2.24, 2.45) is 4.99 Å². The molecule has 0 unspecified atom stereocenters. The van der Waals surface area contributed by atoms with Crippen molar-refractivity contribution in [2.75, 3.05) is 49.3 Å². The zero-order valence-electron chi connectivity index (χ0n) is 20.2. The van der Waals surface area contributed by atoms with Gasteiger partial charge in [-0.25, -0.2) is 4.99 Å². The van der Waals surface area contributed by atoms with Crippen molar-refractivity contribution < 1.29 is 28.4 Å². The van der Waals surface area contributed by atoms with Gasteiger partial charge in [-0.3, -0.25) is 24.3 Å². The van der Waals surface area contributed by atoms with E-state index in [4.69, 9.17) is 14.0 Å². The number of hydrogen-bond donors (Lipinski definition) is 1. The summed E-state index contributed by atoms with van der Waals surface area (Å²) in [7, 11) is 6.67. The molecule has 4 rings (SSSR count). The summed E-state index contributed by atoms with van der Waals surface area (Å²) in [6.45, 7) is 0. The highest BCUT2D eigenvalue weighted by Crippen LogP contribution is 2.32. The Morgan fingerprint density at radius 1 is 1.17 bits per heavy atom. The van der Waals surface area contributed by atoms with Crippen LogP contribution in [0.2, 0.25) is 0 Å². The van der Waals surface area contributed by atoms with E-state index in [9.17, 15) is 9.59 Å². The number of aliphatic imine (C=N–C) groups is 1. The van der Waals surface area contributed by atoms with Crippen LogP contribution in [-0.4, -0.2) is 56.3 Å². The summed E-state index contributed by atoms with van der Waals surface area (Å²) in [6.07, 6.45) is 3.21. The van der Waals surface area contributed by atoms with E-state index in [1.807, 2.05) is 30.3 Å². The molecule has 186 valence electrons. The molecule has 11 nitrogen and oxygen atoms in total. The van der Waals surface area contributed by atoms with Crippen LogP contribution in [0.1, 0.15) is 5.56 Å². The molecule has 1 N–H and O–H groups in total. The third-order valence-corrected chi connectivity index (χ3v) is 5.95. The van der Waals surface area contributed by atoms with Gasteiger partial charge in [0.2, 0.25) is 11.2 Å². The second-order valence-electron chi connectivity index (χ2n) is 7.69. The smallest absolute Gasteiger partial charge is 0.305 e. The van der Waals surface area contributed by atoms with Gasteiger partial charge in [-0.15, -0.1) is 0 Å². The molecule has 2 amide bonds. The lowest BCUT2D eigenvalue weighted by Gasteiger charge is -2.17. The van der Waals surface area contributed by atoms with Crippen LogP contribution in [0.15, 0.2) is 69.9 Å². The number of nitrogens with zero attached hydrogens (tertiary/aromatic N) is 5. The molecule has 2 aromatic carbocycles. The number of nitrogens with one attached hydrogen (secondary N) is 1. The van der Waals surface area contributed by atoms with Crippen LogP contribution in [0, 0.1) is 0 Å². The molecule has 0 bridgehead atoms. The van der Waals surface area contributed by atoms with Crippen molar-refractivity contribution >= 4 is 46.4 Å². The summed E-state index contributed by atoms with van der Waals surface area (Å²) in [5, 5.41) is 8.49. The standard InChI is InChI=1S/C24H24N6O5S/c1-28(2)29-14-22(35-27-29)26-21(31)15-36-24-25-18(23(32)30(24)17-8-6-5-7-9-17)12-16-10-11-19(33-3)20(13-16)34-4/h5-14H,15H2,1-4H3/p+1/b18-12+. The number of rotatable bonds is 8. The van der Waals surface area contributed by atoms with Crippen LogP contribution in [0.4, 0.5) is 11.6 Å². The van der Waals surface area contributed by atoms with Crippen LogP contribution in [0.3, 0.4) is 0 Å². The molecule has 0 atom stereocenters. The van der Waals surface area contributed by atoms with E-state index in [1.54, 1.807) is 63.8 Å². The lowest BCUT2D eigenvalue weighted by molar-refractivity contribution is -0.753. The number of anilines is 2. The van der Waals surface area contributed by atoms with Gasteiger partial charge >= 0.3 is 5.88 Å². The molecule has 0 saturated heterocycles. The fourth-order valence-electron chi connectivity index (χ4n) is 3.28. The quantitative estimate of drug-likeness (QED) is 0.364. The monoisotopic (exact) mass is 509 g/mol. The molecule has 0 radical (unpaired) electrons. The van der Waals surface area contributed by atoms with Crippen LogP contribution in [0.25, 0.3) is 6.08 Å². The number of hydrogen-bond acceptors (Lipinski definition) is 9. The molecule has 12 heteroatoms. The van der Waals surface area contributed by atoms with Crippen molar-refractivity contribution in [3.05, 3.63) is 66.0 Å². The minimum Gasteiger partial charge on any atom is -0.493 e. The van der Waals surface area contributed by atoms with Crippen molar-refractivity contribution in [1.82, 2.24) is 5.27 Å². The predicted molar refractivity (Wildman–Crippen MR) is 137 cm³/mol. The SMILES string of the molecule is COc1ccc(/C=C2/N=C(SCC(=O)Nc3c[n+](N(C)C)no3)N(c3ccccc3)C2=O)cc1OC. The maximum absolute atomic E-state index is 13.3. The topological polar surface area (TPSA) is 113 Å². The largest absolute Gasteiger partial charge is 0.493 e. The van der Waals surface area contributed by atoms with Crippen molar-refractivity contribution in [2.45, 2.75) is 0 Å². The summed E-state index contributed by atoms with van der Waals surface area (Å²) in [5.41, 5.74) is 1.60. The first-order valence-corrected chi connectivity index (χ1v) is 11.8. The van der Waals surface area contributed by atoms with Crippen LogP contribution in [-0.2, 0) is 9.59 Å². The fraction of sp³-hybridized carbons (Fsp3) is 0.208. The van der Waals surface area contributed by atoms with E-state index < -0.39 is 0 Å². The Labute approximate surface area is 211 Å². The Bertz CT molecular complexity index is 1320. The summed E-state index contributed by atoms with van der Waals surface area (Å²) in [5.74, 6) is 0.686. The zero-order chi connectivity index (χ0) is 25.7. The number of amidine groups is 1. The van der Waals surface area contributed by atoms with Crippen LogP contribution < -0.4 is 29.5 Å². The van der Waals surface area contributed by atoms with E-state index in [2.05, 4.69) is 15.6 Å².